The quantitative estimate of drug-likeness (QED) is 0.430. The van der Waals surface area contributed by atoms with Crippen LogP contribution in [0, 0.1) is 5.82 Å². The van der Waals surface area contributed by atoms with Gasteiger partial charge < -0.3 is 24.5 Å². The van der Waals surface area contributed by atoms with Crippen LogP contribution in [-0.4, -0.2) is 31.3 Å². The van der Waals surface area contributed by atoms with E-state index in [4.69, 9.17) is 14.9 Å². The molecule has 2 heterocycles. The van der Waals surface area contributed by atoms with E-state index in [9.17, 15) is 14.0 Å². The lowest BCUT2D eigenvalue weighted by Gasteiger charge is -2.30. The summed E-state index contributed by atoms with van der Waals surface area (Å²) in [5.74, 6) is -0.602. The van der Waals surface area contributed by atoms with Gasteiger partial charge >= 0.3 is 12.1 Å². The maximum absolute atomic E-state index is 13.5. The standard InChI is InChI=1S/C24H25FN2O5/c1-14(2)30-20-12-17-19(13-18(20)27-10-4-3-5-11-27)31-22(15-6-8-16(25)9-7-15)21(17)23(28)32-24(26)29/h6-9,12-14H,3-5,10-11H2,1-2H3,(H2,26,29). The van der Waals surface area contributed by atoms with Gasteiger partial charge in [-0.3, -0.25) is 0 Å². The Morgan fingerprint density at radius 1 is 1.09 bits per heavy atom. The summed E-state index contributed by atoms with van der Waals surface area (Å²) in [6, 6.07) is 9.08. The topological polar surface area (TPSA) is 95.0 Å². The number of hydrogen-bond acceptors (Lipinski definition) is 6. The molecule has 8 heteroatoms. The fraction of sp³-hybridized carbons (Fsp3) is 0.333. The molecule has 3 aromatic rings. The number of fused-ring (bicyclic) bond motifs is 1. The Kier molecular flexibility index (Phi) is 6.03. The molecule has 0 atom stereocenters. The summed E-state index contributed by atoms with van der Waals surface area (Å²) in [7, 11) is 0. The Hall–Kier alpha value is -3.55. The van der Waals surface area contributed by atoms with Crippen LogP contribution >= 0.6 is 0 Å². The highest BCUT2D eigenvalue weighted by Gasteiger charge is 2.28. The highest BCUT2D eigenvalue weighted by molar-refractivity contribution is 6.12. The molecule has 0 radical (unpaired) electrons. The molecule has 0 unspecified atom stereocenters. The maximum Gasteiger partial charge on any atom is 0.412 e. The van der Waals surface area contributed by atoms with E-state index < -0.39 is 17.9 Å². The van der Waals surface area contributed by atoms with E-state index in [1.54, 1.807) is 6.07 Å². The van der Waals surface area contributed by atoms with Crippen LogP contribution in [0.2, 0.25) is 0 Å². The van der Waals surface area contributed by atoms with Crippen molar-refractivity contribution >= 4 is 28.7 Å². The van der Waals surface area contributed by atoms with Crippen molar-refractivity contribution in [1.82, 2.24) is 0 Å². The number of ether oxygens (including phenoxy) is 2. The minimum atomic E-state index is -1.22. The van der Waals surface area contributed by atoms with Gasteiger partial charge in [0, 0.05) is 30.1 Å². The van der Waals surface area contributed by atoms with Gasteiger partial charge in [0.25, 0.3) is 0 Å². The van der Waals surface area contributed by atoms with E-state index in [1.165, 1.54) is 30.7 Å². The van der Waals surface area contributed by atoms with Gasteiger partial charge in [0.15, 0.2) is 0 Å². The Balaban J connectivity index is 1.93. The zero-order valence-electron chi connectivity index (χ0n) is 18.0. The Bertz CT molecular complexity index is 1150. The molecule has 0 saturated carbocycles. The number of nitrogens with zero attached hydrogens (tertiary/aromatic N) is 1. The highest BCUT2D eigenvalue weighted by atomic mass is 19.1. The SMILES string of the molecule is CC(C)Oc1cc2c(C(=O)OC(N)=O)c(-c3ccc(F)cc3)oc2cc1N1CCCCC1. The van der Waals surface area contributed by atoms with Crippen LogP contribution in [0.1, 0.15) is 43.5 Å². The number of benzene rings is 2. The number of carbonyl (C=O) groups is 2. The summed E-state index contributed by atoms with van der Waals surface area (Å²) >= 11 is 0. The average molecular weight is 440 g/mol. The van der Waals surface area contributed by atoms with Crippen molar-refractivity contribution in [3.05, 3.63) is 47.8 Å². The average Bonchev–Trinajstić information content (AvgIpc) is 3.12. The molecule has 1 amide bonds. The normalized spacial score (nSPS) is 14.1. The molecule has 0 spiro atoms. The minimum Gasteiger partial charge on any atom is -0.489 e. The predicted molar refractivity (Wildman–Crippen MR) is 118 cm³/mol. The number of amides is 1. The van der Waals surface area contributed by atoms with Gasteiger partial charge in [-0.2, -0.15) is 0 Å². The minimum absolute atomic E-state index is 0.0317. The van der Waals surface area contributed by atoms with E-state index >= 15 is 0 Å². The molecule has 1 fully saturated rings. The number of esters is 1. The van der Waals surface area contributed by atoms with Crippen molar-refractivity contribution in [1.29, 1.82) is 0 Å². The molecule has 1 aliphatic rings. The number of carbonyl (C=O) groups excluding carboxylic acids is 2. The van der Waals surface area contributed by atoms with Gasteiger partial charge in [-0.15, -0.1) is 0 Å². The molecule has 168 valence electrons. The second-order valence-electron chi connectivity index (χ2n) is 8.05. The highest BCUT2D eigenvalue weighted by Crippen LogP contribution is 2.41. The fourth-order valence-corrected chi connectivity index (χ4v) is 3.99. The molecular weight excluding hydrogens is 415 g/mol. The summed E-state index contributed by atoms with van der Waals surface area (Å²) in [4.78, 5) is 26.3. The van der Waals surface area contributed by atoms with Crippen molar-refractivity contribution in [3.8, 4) is 17.1 Å². The van der Waals surface area contributed by atoms with Crippen LogP contribution in [0.3, 0.4) is 0 Å². The molecule has 0 aliphatic carbocycles. The number of hydrogen-bond donors (Lipinski definition) is 1. The summed E-state index contributed by atoms with van der Waals surface area (Å²) in [6.07, 6.45) is 2.01. The maximum atomic E-state index is 13.5. The Morgan fingerprint density at radius 2 is 1.78 bits per heavy atom. The van der Waals surface area contributed by atoms with E-state index in [1.807, 2.05) is 19.9 Å². The number of anilines is 1. The van der Waals surface area contributed by atoms with Crippen molar-refractivity contribution in [2.24, 2.45) is 5.73 Å². The molecule has 1 saturated heterocycles. The first-order chi connectivity index (χ1) is 15.3. The first kappa shape index (κ1) is 21.7. The number of piperidine rings is 1. The van der Waals surface area contributed by atoms with Gasteiger partial charge in [0.2, 0.25) is 0 Å². The van der Waals surface area contributed by atoms with Gasteiger partial charge in [0.05, 0.1) is 11.8 Å². The third-order valence-corrected chi connectivity index (χ3v) is 5.33. The van der Waals surface area contributed by atoms with E-state index in [2.05, 4.69) is 9.64 Å². The van der Waals surface area contributed by atoms with Crippen LogP contribution in [0.15, 0.2) is 40.8 Å². The number of primary amides is 1. The molecule has 7 nitrogen and oxygen atoms in total. The monoisotopic (exact) mass is 440 g/mol. The van der Waals surface area contributed by atoms with Crippen LogP contribution in [0.5, 0.6) is 5.75 Å². The second-order valence-corrected chi connectivity index (χ2v) is 8.05. The molecule has 4 rings (SSSR count). The molecule has 32 heavy (non-hydrogen) atoms. The number of nitrogens with two attached hydrogens (primary N) is 1. The third-order valence-electron chi connectivity index (χ3n) is 5.33. The fourth-order valence-electron chi connectivity index (χ4n) is 3.99. The van der Waals surface area contributed by atoms with Crippen molar-refractivity contribution in [2.45, 2.75) is 39.2 Å². The second kappa shape index (κ2) is 8.90. The Labute approximate surface area is 184 Å². The van der Waals surface area contributed by atoms with Crippen molar-refractivity contribution < 1.29 is 27.9 Å². The van der Waals surface area contributed by atoms with Gasteiger partial charge in [-0.05, 0) is 63.4 Å². The summed E-state index contributed by atoms with van der Waals surface area (Å²) in [6.45, 7) is 5.63. The summed E-state index contributed by atoms with van der Waals surface area (Å²) in [5, 5.41) is 0.423. The molecule has 0 bridgehead atoms. The van der Waals surface area contributed by atoms with Gasteiger partial charge in [-0.1, -0.05) is 0 Å². The lowest BCUT2D eigenvalue weighted by atomic mass is 10.0. The largest absolute Gasteiger partial charge is 0.489 e. The smallest absolute Gasteiger partial charge is 0.412 e. The van der Waals surface area contributed by atoms with Crippen molar-refractivity contribution in [2.75, 3.05) is 18.0 Å². The molecular formula is C24H25FN2O5. The van der Waals surface area contributed by atoms with Gasteiger partial charge in [-0.25, -0.2) is 14.0 Å². The predicted octanol–water partition coefficient (Wildman–Crippen LogP) is 5.25. The number of furan rings is 1. The molecule has 1 aliphatic heterocycles. The third kappa shape index (κ3) is 4.39. The van der Waals surface area contributed by atoms with Crippen LogP contribution in [-0.2, 0) is 4.74 Å². The lowest BCUT2D eigenvalue weighted by molar-refractivity contribution is 0.0640. The summed E-state index contributed by atoms with van der Waals surface area (Å²) in [5.41, 5.74) is 6.87. The molecule has 1 aromatic heterocycles. The van der Waals surface area contributed by atoms with Crippen molar-refractivity contribution in [3.63, 3.8) is 0 Å². The van der Waals surface area contributed by atoms with Gasteiger partial charge in [0.1, 0.15) is 28.5 Å². The number of halogens is 1. The van der Waals surface area contributed by atoms with E-state index in [-0.39, 0.29) is 17.4 Å². The summed E-state index contributed by atoms with van der Waals surface area (Å²) < 4.78 is 30.3. The lowest BCUT2D eigenvalue weighted by Crippen LogP contribution is -2.30. The van der Waals surface area contributed by atoms with Crippen LogP contribution in [0.25, 0.3) is 22.3 Å². The molecule has 2 aromatic carbocycles. The number of rotatable bonds is 5. The van der Waals surface area contributed by atoms with E-state index in [0.717, 1.165) is 31.6 Å². The molecule has 2 N–H and O–H groups in total. The van der Waals surface area contributed by atoms with E-state index in [0.29, 0.717) is 22.3 Å². The zero-order chi connectivity index (χ0) is 22.8. The Morgan fingerprint density at radius 3 is 2.41 bits per heavy atom. The van der Waals surface area contributed by atoms with Crippen LogP contribution < -0.4 is 15.4 Å². The zero-order valence-corrected chi connectivity index (χ0v) is 18.0. The van der Waals surface area contributed by atoms with Crippen LogP contribution in [0.4, 0.5) is 14.9 Å². The first-order valence-electron chi connectivity index (χ1n) is 10.6. The first-order valence-corrected chi connectivity index (χ1v) is 10.6.